The van der Waals surface area contributed by atoms with Crippen LogP contribution < -0.4 is 0 Å². The topological polar surface area (TPSA) is 61.5 Å². The van der Waals surface area contributed by atoms with Gasteiger partial charge in [-0.1, -0.05) is 18.2 Å². The van der Waals surface area contributed by atoms with Gasteiger partial charge >= 0.3 is 0 Å². The molecule has 2 rings (SSSR count). The molecule has 0 aliphatic carbocycles. The highest BCUT2D eigenvalue weighted by Gasteiger charge is 2.08. The lowest BCUT2D eigenvalue weighted by Gasteiger charge is -2.19. The Labute approximate surface area is 119 Å². The fourth-order valence-electron chi connectivity index (χ4n) is 2.11. The second kappa shape index (κ2) is 7.79. The molecule has 0 aliphatic heterocycles. The molecule has 0 saturated carbocycles. The quantitative estimate of drug-likeness (QED) is 0.756. The van der Waals surface area contributed by atoms with Crippen molar-refractivity contribution in [2.75, 3.05) is 26.3 Å². The lowest BCUT2D eigenvalue weighted by molar-refractivity contribution is 0.173. The second-order valence-corrected chi connectivity index (χ2v) is 4.66. The summed E-state index contributed by atoms with van der Waals surface area (Å²) in [6, 6.07) is 11.9. The van der Waals surface area contributed by atoms with Crippen LogP contribution in [0, 0.1) is 0 Å². The summed E-state index contributed by atoms with van der Waals surface area (Å²) in [5.74, 6) is 0. The zero-order chi connectivity index (χ0) is 14.2. The van der Waals surface area contributed by atoms with Gasteiger partial charge in [0.15, 0.2) is 0 Å². The first-order valence-electron chi connectivity index (χ1n) is 6.87. The van der Waals surface area contributed by atoms with E-state index in [1.165, 1.54) is 0 Å². The molecule has 5 nitrogen and oxygen atoms in total. The second-order valence-electron chi connectivity index (χ2n) is 4.66. The van der Waals surface area contributed by atoms with E-state index in [-0.39, 0.29) is 13.2 Å². The number of benzene rings is 1. The third-order valence-corrected chi connectivity index (χ3v) is 3.10. The van der Waals surface area contributed by atoms with Crippen LogP contribution in [0.2, 0.25) is 0 Å². The molecule has 1 aromatic carbocycles. The van der Waals surface area contributed by atoms with E-state index < -0.39 is 0 Å². The van der Waals surface area contributed by atoms with Crippen molar-refractivity contribution in [1.82, 2.24) is 14.7 Å². The minimum atomic E-state index is 0.116. The fourth-order valence-corrected chi connectivity index (χ4v) is 2.11. The van der Waals surface area contributed by atoms with Crippen LogP contribution in [0.4, 0.5) is 0 Å². The standard InChI is InChI=1S/C15H21N3O2/c19-11-4-8-17(10-12-20)13-14-7-9-18(16-14)15-5-2-1-3-6-15/h1-3,5-7,9,19-20H,4,8,10-13H2. The summed E-state index contributed by atoms with van der Waals surface area (Å²) in [5, 5.41) is 22.5. The SMILES string of the molecule is OCCCN(CCO)Cc1ccn(-c2ccccc2)n1. The highest BCUT2D eigenvalue weighted by molar-refractivity contribution is 5.30. The molecule has 20 heavy (non-hydrogen) atoms. The van der Waals surface area contributed by atoms with Crippen molar-refractivity contribution in [3.8, 4) is 5.69 Å². The third kappa shape index (κ3) is 4.16. The molecule has 5 heteroatoms. The molecule has 2 N–H and O–H groups in total. The van der Waals surface area contributed by atoms with Crippen LogP contribution >= 0.6 is 0 Å². The molecule has 0 fully saturated rings. The van der Waals surface area contributed by atoms with Gasteiger partial charge in [-0.3, -0.25) is 4.90 Å². The predicted octanol–water partition coefficient (Wildman–Crippen LogP) is 1.05. The van der Waals surface area contributed by atoms with Gasteiger partial charge in [-0.2, -0.15) is 5.10 Å². The van der Waals surface area contributed by atoms with E-state index in [0.717, 1.165) is 17.9 Å². The summed E-state index contributed by atoms with van der Waals surface area (Å²) < 4.78 is 1.85. The van der Waals surface area contributed by atoms with Gasteiger partial charge in [0.05, 0.1) is 18.0 Å². The largest absolute Gasteiger partial charge is 0.396 e. The Morgan fingerprint density at radius 1 is 1.00 bits per heavy atom. The number of nitrogens with zero attached hydrogens (tertiary/aromatic N) is 3. The number of aliphatic hydroxyl groups is 2. The lowest BCUT2D eigenvalue weighted by Crippen LogP contribution is -2.28. The van der Waals surface area contributed by atoms with Crippen molar-refractivity contribution in [1.29, 1.82) is 0 Å². The van der Waals surface area contributed by atoms with Crippen molar-refractivity contribution in [3.63, 3.8) is 0 Å². The van der Waals surface area contributed by atoms with E-state index in [1.54, 1.807) is 0 Å². The molecular formula is C15H21N3O2. The molecule has 0 saturated heterocycles. The smallest absolute Gasteiger partial charge is 0.0769 e. The Bertz CT molecular complexity index is 499. The van der Waals surface area contributed by atoms with Crippen molar-refractivity contribution in [3.05, 3.63) is 48.3 Å². The van der Waals surface area contributed by atoms with Gasteiger partial charge in [-0.25, -0.2) is 4.68 Å². The molecular weight excluding hydrogens is 254 g/mol. The van der Waals surface area contributed by atoms with E-state index in [1.807, 2.05) is 47.3 Å². The molecule has 108 valence electrons. The van der Waals surface area contributed by atoms with Crippen LogP contribution in [-0.4, -0.2) is 51.2 Å². The maximum absolute atomic E-state index is 9.07. The first kappa shape index (κ1) is 14.7. The average Bonchev–Trinajstić information content (AvgIpc) is 2.94. The van der Waals surface area contributed by atoms with Crippen LogP contribution in [0.25, 0.3) is 5.69 Å². The summed E-state index contributed by atoms with van der Waals surface area (Å²) in [6.07, 6.45) is 2.65. The minimum Gasteiger partial charge on any atom is -0.396 e. The van der Waals surface area contributed by atoms with Crippen LogP contribution in [0.3, 0.4) is 0 Å². The zero-order valence-electron chi connectivity index (χ0n) is 11.5. The highest BCUT2D eigenvalue weighted by Crippen LogP contribution is 2.08. The highest BCUT2D eigenvalue weighted by atomic mass is 16.3. The third-order valence-electron chi connectivity index (χ3n) is 3.10. The fraction of sp³-hybridized carbons (Fsp3) is 0.400. The molecule has 0 aliphatic rings. The van der Waals surface area contributed by atoms with Crippen LogP contribution in [0.15, 0.2) is 42.6 Å². The van der Waals surface area contributed by atoms with Crippen LogP contribution in [0.5, 0.6) is 0 Å². The van der Waals surface area contributed by atoms with Gasteiger partial charge in [-0.15, -0.1) is 0 Å². The minimum absolute atomic E-state index is 0.116. The molecule has 0 spiro atoms. The number of aromatic nitrogens is 2. The Balaban J connectivity index is 2.00. The number of hydrogen-bond donors (Lipinski definition) is 2. The Kier molecular flexibility index (Phi) is 5.73. The van der Waals surface area contributed by atoms with E-state index in [4.69, 9.17) is 10.2 Å². The first-order valence-corrected chi connectivity index (χ1v) is 6.87. The van der Waals surface area contributed by atoms with E-state index in [0.29, 0.717) is 19.5 Å². The number of hydrogen-bond acceptors (Lipinski definition) is 4. The number of rotatable bonds is 8. The summed E-state index contributed by atoms with van der Waals surface area (Å²) in [4.78, 5) is 2.09. The predicted molar refractivity (Wildman–Crippen MR) is 77.6 cm³/mol. The monoisotopic (exact) mass is 275 g/mol. The Morgan fingerprint density at radius 3 is 2.50 bits per heavy atom. The molecule has 1 heterocycles. The van der Waals surface area contributed by atoms with Crippen molar-refractivity contribution >= 4 is 0 Å². The molecule has 0 atom stereocenters. The van der Waals surface area contributed by atoms with Crippen molar-refractivity contribution in [2.24, 2.45) is 0 Å². The lowest BCUT2D eigenvalue weighted by atomic mass is 10.3. The first-order chi connectivity index (χ1) is 9.83. The zero-order valence-corrected chi connectivity index (χ0v) is 11.5. The van der Waals surface area contributed by atoms with Gasteiger partial charge in [0.2, 0.25) is 0 Å². The molecule has 0 bridgehead atoms. The molecule has 2 aromatic rings. The van der Waals surface area contributed by atoms with Crippen molar-refractivity contribution < 1.29 is 10.2 Å². The van der Waals surface area contributed by atoms with Gasteiger partial charge < -0.3 is 10.2 Å². The molecule has 0 unspecified atom stereocenters. The normalized spacial score (nSPS) is 11.2. The number of aliphatic hydroxyl groups excluding tert-OH is 2. The molecule has 0 radical (unpaired) electrons. The summed E-state index contributed by atoms with van der Waals surface area (Å²) in [5.41, 5.74) is 1.99. The summed E-state index contributed by atoms with van der Waals surface area (Å²) in [6.45, 7) is 2.32. The van der Waals surface area contributed by atoms with E-state index in [9.17, 15) is 0 Å². The molecule has 1 aromatic heterocycles. The van der Waals surface area contributed by atoms with Crippen molar-refractivity contribution in [2.45, 2.75) is 13.0 Å². The van der Waals surface area contributed by atoms with Crippen LogP contribution in [0.1, 0.15) is 12.1 Å². The number of para-hydroxylation sites is 1. The summed E-state index contributed by atoms with van der Waals surface area (Å²) >= 11 is 0. The van der Waals surface area contributed by atoms with E-state index >= 15 is 0 Å². The maximum atomic E-state index is 9.07. The van der Waals surface area contributed by atoms with Gasteiger partial charge in [-0.05, 0) is 24.6 Å². The van der Waals surface area contributed by atoms with Gasteiger partial charge in [0, 0.05) is 32.4 Å². The average molecular weight is 275 g/mol. The van der Waals surface area contributed by atoms with E-state index in [2.05, 4.69) is 10.00 Å². The maximum Gasteiger partial charge on any atom is 0.0769 e. The van der Waals surface area contributed by atoms with Gasteiger partial charge in [0.25, 0.3) is 0 Å². The Hall–Kier alpha value is -1.69. The van der Waals surface area contributed by atoms with Crippen LogP contribution in [-0.2, 0) is 6.54 Å². The summed E-state index contributed by atoms with van der Waals surface area (Å²) in [7, 11) is 0. The Morgan fingerprint density at radius 2 is 1.80 bits per heavy atom. The van der Waals surface area contributed by atoms with Gasteiger partial charge in [0.1, 0.15) is 0 Å². The molecule has 0 amide bonds.